The number of nitrogens with one attached hydrogen (secondary N) is 1. The van der Waals surface area contributed by atoms with Crippen molar-refractivity contribution < 1.29 is 9.21 Å². The molecule has 3 rings (SSSR count). The number of carbonyl (C=O) groups is 1. The maximum atomic E-state index is 12.4. The fourth-order valence-electron chi connectivity index (χ4n) is 2.50. The largest absolute Gasteiger partial charge is 0.457 e. The molecule has 0 fully saturated rings. The standard InChI is InChI=1S/C22H14ClN3O2/c1-14-2-7-18(23)11-20(14)26-22(27)17(13-25)10-19-8-9-21(28-19)16-5-3-15(12-24)4-6-16/h2-11H,1H3,(H,26,27)/b17-10-. The third-order valence-electron chi connectivity index (χ3n) is 4.02. The van der Waals surface area contributed by atoms with Gasteiger partial charge in [0.2, 0.25) is 0 Å². The van der Waals surface area contributed by atoms with Crippen LogP contribution in [-0.4, -0.2) is 5.91 Å². The normalized spacial score (nSPS) is 10.8. The molecule has 1 heterocycles. The number of hydrogen-bond donors (Lipinski definition) is 1. The number of aryl methyl sites for hydroxylation is 1. The quantitative estimate of drug-likeness (QED) is 0.484. The van der Waals surface area contributed by atoms with Crippen LogP contribution in [0.2, 0.25) is 5.02 Å². The minimum Gasteiger partial charge on any atom is -0.457 e. The van der Waals surface area contributed by atoms with E-state index in [0.717, 1.165) is 11.1 Å². The predicted octanol–water partition coefficient (Wildman–Crippen LogP) is 5.33. The Labute approximate surface area is 167 Å². The van der Waals surface area contributed by atoms with Crippen molar-refractivity contribution in [3.05, 3.63) is 82.1 Å². The van der Waals surface area contributed by atoms with E-state index >= 15 is 0 Å². The number of furan rings is 1. The van der Waals surface area contributed by atoms with Gasteiger partial charge in [0.15, 0.2) is 0 Å². The van der Waals surface area contributed by atoms with Gasteiger partial charge in [0.25, 0.3) is 5.91 Å². The minimum atomic E-state index is -0.552. The number of carbonyl (C=O) groups excluding carboxylic acids is 1. The molecule has 0 unspecified atom stereocenters. The van der Waals surface area contributed by atoms with E-state index in [1.807, 2.05) is 13.0 Å². The highest BCUT2D eigenvalue weighted by atomic mass is 35.5. The second-order valence-corrected chi connectivity index (χ2v) is 6.41. The molecule has 28 heavy (non-hydrogen) atoms. The molecule has 0 aliphatic heterocycles. The molecule has 2 aromatic carbocycles. The van der Waals surface area contributed by atoms with Gasteiger partial charge in [-0.05, 0) is 61.0 Å². The molecule has 0 aliphatic carbocycles. The van der Waals surface area contributed by atoms with E-state index in [0.29, 0.717) is 27.8 Å². The Morgan fingerprint density at radius 3 is 2.54 bits per heavy atom. The first kappa shape index (κ1) is 19.0. The van der Waals surface area contributed by atoms with E-state index in [1.54, 1.807) is 54.6 Å². The summed E-state index contributed by atoms with van der Waals surface area (Å²) in [6.45, 7) is 1.83. The van der Waals surface area contributed by atoms with Crippen molar-refractivity contribution in [1.29, 1.82) is 10.5 Å². The van der Waals surface area contributed by atoms with Gasteiger partial charge in [-0.2, -0.15) is 10.5 Å². The minimum absolute atomic E-state index is 0.0971. The number of anilines is 1. The van der Waals surface area contributed by atoms with Crippen LogP contribution >= 0.6 is 11.6 Å². The number of amides is 1. The molecule has 0 bridgehead atoms. The molecule has 0 spiro atoms. The summed E-state index contributed by atoms with van der Waals surface area (Å²) in [5.41, 5.74) is 2.61. The van der Waals surface area contributed by atoms with E-state index in [2.05, 4.69) is 11.4 Å². The van der Waals surface area contributed by atoms with Gasteiger partial charge >= 0.3 is 0 Å². The van der Waals surface area contributed by atoms with Gasteiger partial charge in [-0.25, -0.2) is 0 Å². The first-order valence-electron chi connectivity index (χ1n) is 8.30. The van der Waals surface area contributed by atoms with E-state index in [9.17, 15) is 10.1 Å². The Kier molecular flexibility index (Phi) is 5.60. The molecule has 1 aromatic heterocycles. The van der Waals surface area contributed by atoms with E-state index in [-0.39, 0.29) is 5.57 Å². The van der Waals surface area contributed by atoms with E-state index < -0.39 is 5.91 Å². The zero-order valence-electron chi connectivity index (χ0n) is 14.9. The lowest BCUT2D eigenvalue weighted by molar-refractivity contribution is -0.112. The summed E-state index contributed by atoms with van der Waals surface area (Å²) in [6.07, 6.45) is 1.38. The predicted molar refractivity (Wildman–Crippen MR) is 107 cm³/mol. The van der Waals surface area contributed by atoms with Crippen LogP contribution in [-0.2, 0) is 4.79 Å². The van der Waals surface area contributed by atoms with Crippen LogP contribution in [0, 0.1) is 29.6 Å². The Balaban J connectivity index is 1.81. The lowest BCUT2D eigenvalue weighted by atomic mass is 10.1. The van der Waals surface area contributed by atoms with Crippen molar-refractivity contribution in [3.8, 4) is 23.5 Å². The summed E-state index contributed by atoms with van der Waals surface area (Å²) in [7, 11) is 0. The highest BCUT2D eigenvalue weighted by molar-refractivity contribution is 6.31. The van der Waals surface area contributed by atoms with Crippen molar-refractivity contribution in [2.75, 3.05) is 5.32 Å². The molecule has 1 amide bonds. The first-order chi connectivity index (χ1) is 13.5. The van der Waals surface area contributed by atoms with Gasteiger partial charge in [-0.1, -0.05) is 17.7 Å². The van der Waals surface area contributed by atoms with Crippen LogP contribution in [0.1, 0.15) is 16.9 Å². The van der Waals surface area contributed by atoms with Crippen molar-refractivity contribution in [3.63, 3.8) is 0 Å². The van der Waals surface area contributed by atoms with Gasteiger partial charge in [0.1, 0.15) is 23.2 Å². The molecular weight excluding hydrogens is 374 g/mol. The Bertz CT molecular complexity index is 1150. The highest BCUT2D eigenvalue weighted by Gasteiger charge is 2.13. The van der Waals surface area contributed by atoms with Crippen LogP contribution in [0.4, 0.5) is 5.69 Å². The number of hydrogen-bond acceptors (Lipinski definition) is 4. The summed E-state index contributed by atoms with van der Waals surface area (Å²) < 4.78 is 5.71. The lowest BCUT2D eigenvalue weighted by Gasteiger charge is -2.08. The van der Waals surface area contributed by atoms with Crippen LogP contribution in [0.15, 0.2) is 64.6 Å². The summed E-state index contributed by atoms with van der Waals surface area (Å²) in [5, 5.41) is 21.4. The number of benzene rings is 2. The topological polar surface area (TPSA) is 89.8 Å². The average Bonchev–Trinajstić information content (AvgIpc) is 3.17. The second-order valence-electron chi connectivity index (χ2n) is 5.97. The van der Waals surface area contributed by atoms with Gasteiger partial charge in [-0.15, -0.1) is 0 Å². The zero-order valence-corrected chi connectivity index (χ0v) is 15.6. The SMILES string of the molecule is Cc1ccc(Cl)cc1NC(=O)/C(C#N)=C\c1ccc(-c2ccc(C#N)cc2)o1. The molecule has 6 heteroatoms. The van der Waals surface area contributed by atoms with Crippen LogP contribution in [0.3, 0.4) is 0 Å². The molecule has 0 radical (unpaired) electrons. The summed E-state index contributed by atoms with van der Waals surface area (Å²) >= 11 is 5.96. The molecule has 5 nitrogen and oxygen atoms in total. The third-order valence-corrected chi connectivity index (χ3v) is 4.26. The Morgan fingerprint density at radius 2 is 1.86 bits per heavy atom. The molecule has 0 saturated heterocycles. The van der Waals surface area contributed by atoms with Gasteiger partial charge in [-0.3, -0.25) is 4.79 Å². The van der Waals surface area contributed by atoms with Gasteiger partial charge in [0.05, 0.1) is 11.6 Å². The summed E-state index contributed by atoms with van der Waals surface area (Å²) in [4.78, 5) is 12.4. The maximum absolute atomic E-state index is 12.4. The molecule has 136 valence electrons. The number of halogens is 1. The monoisotopic (exact) mass is 387 g/mol. The Morgan fingerprint density at radius 1 is 1.11 bits per heavy atom. The number of nitrogens with zero attached hydrogens (tertiary/aromatic N) is 2. The number of nitriles is 2. The fraction of sp³-hybridized carbons (Fsp3) is 0.0455. The molecule has 0 aliphatic rings. The first-order valence-corrected chi connectivity index (χ1v) is 8.67. The fourth-order valence-corrected chi connectivity index (χ4v) is 2.68. The third kappa shape index (κ3) is 4.29. The maximum Gasteiger partial charge on any atom is 0.266 e. The zero-order chi connectivity index (χ0) is 20.1. The van der Waals surface area contributed by atoms with Crippen molar-refractivity contribution in [2.45, 2.75) is 6.92 Å². The smallest absolute Gasteiger partial charge is 0.266 e. The van der Waals surface area contributed by atoms with Crippen molar-refractivity contribution in [1.82, 2.24) is 0 Å². The molecule has 3 aromatic rings. The van der Waals surface area contributed by atoms with Crippen LogP contribution < -0.4 is 5.32 Å². The van der Waals surface area contributed by atoms with E-state index in [4.69, 9.17) is 21.3 Å². The van der Waals surface area contributed by atoms with Crippen LogP contribution in [0.5, 0.6) is 0 Å². The molecule has 1 N–H and O–H groups in total. The van der Waals surface area contributed by atoms with Gasteiger partial charge < -0.3 is 9.73 Å². The second kappa shape index (κ2) is 8.26. The van der Waals surface area contributed by atoms with Crippen LogP contribution in [0.25, 0.3) is 17.4 Å². The van der Waals surface area contributed by atoms with Crippen molar-refractivity contribution >= 4 is 29.3 Å². The molecule has 0 atom stereocenters. The average molecular weight is 388 g/mol. The number of rotatable bonds is 4. The molecular formula is C22H14ClN3O2. The molecule has 0 saturated carbocycles. The summed E-state index contributed by atoms with van der Waals surface area (Å²) in [5.74, 6) is 0.386. The highest BCUT2D eigenvalue weighted by Crippen LogP contribution is 2.25. The van der Waals surface area contributed by atoms with Crippen molar-refractivity contribution in [2.24, 2.45) is 0 Å². The lowest BCUT2D eigenvalue weighted by Crippen LogP contribution is -2.14. The van der Waals surface area contributed by atoms with Gasteiger partial charge in [0, 0.05) is 22.3 Å². The van der Waals surface area contributed by atoms with E-state index in [1.165, 1.54) is 6.08 Å². The summed E-state index contributed by atoms with van der Waals surface area (Å²) in [6, 6.07) is 19.4. The Hall–Kier alpha value is -3.80.